The fraction of sp³-hybridized carbons (Fsp3) is 0.562. The summed E-state index contributed by atoms with van der Waals surface area (Å²) < 4.78 is 10.9. The molecular formula is C16H25NO3. The van der Waals surface area contributed by atoms with Gasteiger partial charge in [-0.1, -0.05) is 19.9 Å². The van der Waals surface area contributed by atoms with E-state index < -0.39 is 11.7 Å². The SMILES string of the molecule is CCCOc1cc(NC(=O)OC(C)(C)C)ccc1CC. The zero-order chi connectivity index (χ0) is 15.2. The Balaban J connectivity index is 2.78. The quantitative estimate of drug-likeness (QED) is 0.869. The van der Waals surface area contributed by atoms with Crippen LogP contribution < -0.4 is 10.1 Å². The minimum Gasteiger partial charge on any atom is -0.493 e. The second-order valence-electron chi connectivity index (χ2n) is 5.65. The Labute approximate surface area is 121 Å². The van der Waals surface area contributed by atoms with E-state index in [1.807, 2.05) is 39.0 Å². The Bertz CT molecular complexity index is 450. The highest BCUT2D eigenvalue weighted by atomic mass is 16.6. The van der Waals surface area contributed by atoms with E-state index in [1.54, 1.807) is 0 Å². The van der Waals surface area contributed by atoms with Gasteiger partial charge in [-0.25, -0.2) is 4.79 Å². The predicted molar refractivity (Wildman–Crippen MR) is 81.5 cm³/mol. The topological polar surface area (TPSA) is 47.6 Å². The lowest BCUT2D eigenvalue weighted by Gasteiger charge is -2.20. The molecule has 0 saturated heterocycles. The van der Waals surface area contributed by atoms with Crippen molar-refractivity contribution in [3.8, 4) is 5.75 Å². The monoisotopic (exact) mass is 279 g/mol. The van der Waals surface area contributed by atoms with Crippen molar-refractivity contribution in [3.63, 3.8) is 0 Å². The van der Waals surface area contributed by atoms with E-state index in [0.29, 0.717) is 12.3 Å². The van der Waals surface area contributed by atoms with Gasteiger partial charge in [0.25, 0.3) is 0 Å². The number of rotatable bonds is 5. The van der Waals surface area contributed by atoms with Crippen molar-refractivity contribution in [2.75, 3.05) is 11.9 Å². The van der Waals surface area contributed by atoms with Crippen LogP contribution in [0, 0.1) is 0 Å². The molecule has 1 rings (SSSR count). The van der Waals surface area contributed by atoms with Crippen molar-refractivity contribution < 1.29 is 14.3 Å². The van der Waals surface area contributed by atoms with Gasteiger partial charge in [-0.05, 0) is 45.2 Å². The number of hydrogen-bond acceptors (Lipinski definition) is 3. The molecule has 0 spiro atoms. The van der Waals surface area contributed by atoms with Crippen molar-refractivity contribution in [3.05, 3.63) is 23.8 Å². The number of amides is 1. The molecular weight excluding hydrogens is 254 g/mol. The van der Waals surface area contributed by atoms with Gasteiger partial charge in [0.2, 0.25) is 0 Å². The summed E-state index contributed by atoms with van der Waals surface area (Å²) >= 11 is 0. The highest BCUT2D eigenvalue weighted by molar-refractivity contribution is 5.85. The molecule has 4 heteroatoms. The van der Waals surface area contributed by atoms with Crippen molar-refractivity contribution in [1.82, 2.24) is 0 Å². The molecule has 0 unspecified atom stereocenters. The zero-order valence-corrected chi connectivity index (χ0v) is 13.1. The number of nitrogens with one attached hydrogen (secondary N) is 1. The summed E-state index contributed by atoms with van der Waals surface area (Å²) in [5.41, 5.74) is 1.31. The van der Waals surface area contributed by atoms with Crippen LogP contribution in [0.25, 0.3) is 0 Å². The lowest BCUT2D eigenvalue weighted by atomic mass is 10.1. The summed E-state index contributed by atoms with van der Waals surface area (Å²) in [5, 5.41) is 2.73. The van der Waals surface area contributed by atoms with Crippen LogP contribution >= 0.6 is 0 Å². The minimum absolute atomic E-state index is 0.455. The number of benzene rings is 1. The second kappa shape index (κ2) is 7.17. The molecule has 1 amide bonds. The predicted octanol–water partition coefficient (Wildman–Crippen LogP) is 4.38. The number of hydrogen-bond donors (Lipinski definition) is 1. The van der Waals surface area contributed by atoms with Crippen molar-refractivity contribution in [2.45, 2.75) is 53.1 Å². The van der Waals surface area contributed by atoms with Crippen molar-refractivity contribution in [2.24, 2.45) is 0 Å². The Morgan fingerprint density at radius 2 is 1.95 bits per heavy atom. The first kappa shape index (κ1) is 16.3. The van der Waals surface area contributed by atoms with Gasteiger partial charge in [-0.2, -0.15) is 0 Å². The summed E-state index contributed by atoms with van der Waals surface area (Å²) in [6, 6.07) is 5.68. The van der Waals surface area contributed by atoms with Crippen LogP contribution in [-0.4, -0.2) is 18.3 Å². The number of carbonyl (C=O) groups excluding carboxylic acids is 1. The van der Waals surface area contributed by atoms with E-state index in [4.69, 9.17) is 9.47 Å². The molecule has 4 nitrogen and oxygen atoms in total. The molecule has 0 radical (unpaired) electrons. The van der Waals surface area contributed by atoms with Gasteiger partial charge in [0, 0.05) is 11.8 Å². The van der Waals surface area contributed by atoms with Crippen LogP contribution in [0.3, 0.4) is 0 Å². The average molecular weight is 279 g/mol. The van der Waals surface area contributed by atoms with Crippen LogP contribution in [0.5, 0.6) is 5.75 Å². The first-order valence-electron chi connectivity index (χ1n) is 7.11. The molecule has 112 valence electrons. The van der Waals surface area contributed by atoms with Crippen molar-refractivity contribution in [1.29, 1.82) is 0 Å². The van der Waals surface area contributed by atoms with Gasteiger partial charge >= 0.3 is 6.09 Å². The number of carbonyl (C=O) groups is 1. The molecule has 0 aliphatic carbocycles. The van der Waals surface area contributed by atoms with Crippen LogP contribution in [0.2, 0.25) is 0 Å². The molecule has 0 heterocycles. The molecule has 0 aliphatic rings. The molecule has 1 aromatic rings. The third kappa shape index (κ3) is 5.51. The maximum atomic E-state index is 11.7. The van der Waals surface area contributed by atoms with E-state index in [0.717, 1.165) is 24.2 Å². The maximum absolute atomic E-state index is 11.7. The van der Waals surface area contributed by atoms with Gasteiger partial charge in [-0.15, -0.1) is 0 Å². The Kier molecular flexibility index (Phi) is 5.86. The summed E-state index contributed by atoms with van der Waals surface area (Å²) in [4.78, 5) is 11.7. The summed E-state index contributed by atoms with van der Waals surface area (Å²) in [6.07, 6.45) is 1.39. The van der Waals surface area contributed by atoms with E-state index in [1.165, 1.54) is 0 Å². The Morgan fingerprint density at radius 3 is 2.50 bits per heavy atom. The van der Waals surface area contributed by atoms with Gasteiger partial charge in [-0.3, -0.25) is 5.32 Å². The fourth-order valence-electron chi connectivity index (χ4n) is 1.69. The van der Waals surface area contributed by atoms with E-state index in [-0.39, 0.29) is 0 Å². The summed E-state index contributed by atoms with van der Waals surface area (Å²) in [7, 11) is 0. The first-order chi connectivity index (χ1) is 9.35. The molecule has 0 saturated carbocycles. The van der Waals surface area contributed by atoms with Crippen LogP contribution in [-0.2, 0) is 11.2 Å². The van der Waals surface area contributed by atoms with E-state index in [2.05, 4.69) is 19.2 Å². The number of aryl methyl sites for hydroxylation is 1. The van der Waals surface area contributed by atoms with Crippen LogP contribution in [0.15, 0.2) is 18.2 Å². The third-order valence-electron chi connectivity index (χ3n) is 2.56. The molecule has 0 atom stereocenters. The van der Waals surface area contributed by atoms with Gasteiger partial charge < -0.3 is 9.47 Å². The number of anilines is 1. The fourth-order valence-corrected chi connectivity index (χ4v) is 1.69. The molecule has 20 heavy (non-hydrogen) atoms. The molecule has 0 bridgehead atoms. The minimum atomic E-state index is -0.505. The summed E-state index contributed by atoms with van der Waals surface area (Å²) in [5.74, 6) is 0.822. The normalized spacial score (nSPS) is 11.1. The van der Waals surface area contributed by atoms with Crippen LogP contribution in [0.1, 0.15) is 46.6 Å². The smallest absolute Gasteiger partial charge is 0.412 e. The highest BCUT2D eigenvalue weighted by Crippen LogP contribution is 2.24. The molecule has 0 fully saturated rings. The molecule has 0 aliphatic heterocycles. The highest BCUT2D eigenvalue weighted by Gasteiger charge is 2.16. The summed E-state index contributed by atoms with van der Waals surface area (Å²) in [6.45, 7) is 10.3. The van der Waals surface area contributed by atoms with E-state index >= 15 is 0 Å². The molecule has 1 N–H and O–H groups in total. The lowest BCUT2D eigenvalue weighted by molar-refractivity contribution is 0.0636. The maximum Gasteiger partial charge on any atom is 0.412 e. The Morgan fingerprint density at radius 1 is 1.25 bits per heavy atom. The number of ether oxygens (including phenoxy) is 2. The standard InChI is InChI=1S/C16H25NO3/c1-6-10-19-14-11-13(9-8-12(14)7-2)17-15(18)20-16(3,4)5/h8-9,11H,6-7,10H2,1-5H3,(H,17,18). The Hall–Kier alpha value is -1.71. The third-order valence-corrected chi connectivity index (χ3v) is 2.56. The van der Waals surface area contributed by atoms with Gasteiger partial charge in [0.05, 0.1) is 6.61 Å². The van der Waals surface area contributed by atoms with Crippen molar-refractivity contribution >= 4 is 11.8 Å². The van der Waals surface area contributed by atoms with Crippen LogP contribution in [0.4, 0.5) is 10.5 Å². The average Bonchev–Trinajstić information content (AvgIpc) is 2.34. The molecule has 0 aromatic heterocycles. The molecule has 1 aromatic carbocycles. The van der Waals surface area contributed by atoms with Gasteiger partial charge in [0.15, 0.2) is 0 Å². The largest absolute Gasteiger partial charge is 0.493 e. The lowest BCUT2D eigenvalue weighted by Crippen LogP contribution is -2.27. The van der Waals surface area contributed by atoms with Gasteiger partial charge in [0.1, 0.15) is 11.4 Å². The first-order valence-corrected chi connectivity index (χ1v) is 7.11. The zero-order valence-electron chi connectivity index (χ0n) is 13.1. The second-order valence-corrected chi connectivity index (χ2v) is 5.65. The van der Waals surface area contributed by atoms with E-state index in [9.17, 15) is 4.79 Å².